The van der Waals surface area contributed by atoms with E-state index in [2.05, 4.69) is 27.4 Å². The normalized spacial score (nSPS) is 11.9. The van der Waals surface area contributed by atoms with Crippen molar-refractivity contribution in [3.05, 3.63) is 111 Å². The van der Waals surface area contributed by atoms with E-state index in [0.717, 1.165) is 28.9 Å². The molecule has 0 aliphatic rings. The number of benzene rings is 3. The number of aromatic nitrogens is 2. The van der Waals surface area contributed by atoms with Gasteiger partial charge in [-0.1, -0.05) is 42.5 Å². The Labute approximate surface area is 211 Å². The van der Waals surface area contributed by atoms with Crippen molar-refractivity contribution >= 4 is 17.3 Å². The summed E-state index contributed by atoms with van der Waals surface area (Å²) in [4.78, 5) is 27.5. The highest BCUT2D eigenvalue weighted by molar-refractivity contribution is 6.05. The Morgan fingerprint density at radius 2 is 1.69 bits per heavy atom. The molecule has 1 atom stereocenters. The Morgan fingerprint density at radius 1 is 1.00 bits per heavy atom. The SMILES string of the molecule is Cc1ccc(N)c(NC(=O)c2ccc([C@H](C)n3nc(-c4ccc(CN(C)C)cc4)ccc3=O)cc2)c1. The highest BCUT2D eigenvalue weighted by atomic mass is 16.1. The van der Waals surface area contributed by atoms with Crippen LogP contribution in [0.15, 0.2) is 83.7 Å². The van der Waals surface area contributed by atoms with Crippen LogP contribution in [0.2, 0.25) is 0 Å². The molecule has 36 heavy (non-hydrogen) atoms. The lowest BCUT2D eigenvalue weighted by Crippen LogP contribution is -2.26. The lowest BCUT2D eigenvalue weighted by atomic mass is 10.1. The number of rotatable bonds is 7. The summed E-state index contributed by atoms with van der Waals surface area (Å²) in [5, 5.41) is 7.50. The lowest BCUT2D eigenvalue weighted by Gasteiger charge is -2.16. The summed E-state index contributed by atoms with van der Waals surface area (Å²) in [6, 6.07) is 23.8. The first-order valence-corrected chi connectivity index (χ1v) is 11.8. The highest BCUT2D eigenvalue weighted by Gasteiger charge is 2.14. The number of nitrogens with zero attached hydrogens (tertiary/aromatic N) is 3. The number of nitrogens with two attached hydrogens (primary N) is 1. The van der Waals surface area contributed by atoms with Gasteiger partial charge in [0.1, 0.15) is 0 Å². The molecule has 0 saturated heterocycles. The van der Waals surface area contributed by atoms with E-state index in [0.29, 0.717) is 16.9 Å². The summed E-state index contributed by atoms with van der Waals surface area (Å²) in [5.74, 6) is -0.249. The number of carbonyl (C=O) groups excluding carboxylic acids is 1. The topological polar surface area (TPSA) is 93.2 Å². The van der Waals surface area contributed by atoms with Gasteiger partial charge in [0.2, 0.25) is 0 Å². The molecule has 0 saturated carbocycles. The fraction of sp³-hybridized carbons (Fsp3) is 0.207. The van der Waals surface area contributed by atoms with Crippen LogP contribution in [-0.4, -0.2) is 34.7 Å². The standard InChI is InChI=1S/C29H31N5O2/c1-19-5-14-25(30)27(17-19)31-29(36)24-12-10-22(11-13-24)20(2)34-28(35)16-15-26(32-34)23-8-6-21(7-9-23)18-33(3)4/h5-17,20H,18,30H2,1-4H3,(H,31,36)/t20-/m0/s1. The molecule has 0 aliphatic heterocycles. The van der Waals surface area contributed by atoms with Gasteiger partial charge in [-0.2, -0.15) is 5.10 Å². The second-order valence-corrected chi connectivity index (χ2v) is 9.28. The van der Waals surface area contributed by atoms with Gasteiger partial charge in [0.25, 0.3) is 11.5 Å². The average molecular weight is 482 g/mol. The first-order chi connectivity index (χ1) is 17.2. The first-order valence-electron chi connectivity index (χ1n) is 11.8. The van der Waals surface area contributed by atoms with Crippen LogP contribution in [0.3, 0.4) is 0 Å². The summed E-state index contributed by atoms with van der Waals surface area (Å²) in [7, 11) is 4.07. The fourth-order valence-electron chi connectivity index (χ4n) is 4.03. The average Bonchev–Trinajstić information content (AvgIpc) is 2.86. The maximum atomic E-state index is 12.7. The molecular weight excluding hydrogens is 450 g/mol. The number of hydrogen-bond acceptors (Lipinski definition) is 5. The summed E-state index contributed by atoms with van der Waals surface area (Å²) < 4.78 is 1.48. The van der Waals surface area contributed by atoms with Crippen molar-refractivity contribution in [2.75, 3.05) is 25.1 Å². The van der Waals surface area contributed by atoms with E-state index in [1.54, 1.807) is 30.3 Å². The summed E-state index contributed by atoms with van der Waals surface area (Å²) in [6.07, 6.45) is 0. The molecule has 4 rings (SSSR count). The summed E-state index contributed by atoms with van der Waals surface area (Å²) in [6.45, 7) is 4.72. The molecule has 7 nitrogen and oxygen atoms in total. The van der Waals surface area contributed by atoms with Gasteiger partial charge in [0.05, 0.1) is 23.1 Å². The van der Waals surface area contributed by atoms with Crippen molar-refractivity contribution < 1.29 is 4.79 Å². The number of anilines is 2. The number of carbonyl (C=O) groups is 1. The third-order valence-corrected chi connectivity index (χ3v) is 6.05. The van der Waals surface area contributed by atoms with E-state index in [4.69, 9.17) is 5.73 Å². The predicted molar refractivity (Wildman–Crippen MR) is 145 cm³/mol. The molecule has 0 bridgehead atoms. The van der Waals surface area contributed by atoms with Crippen molar-refractivity contribution in [2.45, 2.75) is 26.4 Å². The molecule has 1 heterocycles. The monoisotopic (exact) mass is 481 g/mol. The van der Waals surface area contributed by atoms with E-state index in [-0.39, 0.29) is 17.5 Å². The molecule has 3 aromatic carbocycles. The minimum Gasteiger partial charge on any atom is -0.397 e. The van der Waals surface area contributed by atoms with E-state index < -0.39 is 0 Å². The fourth-order valence-corrected chi connectivity index (χ4v) is 4.03. The first kappa shape index (κ1) is 24.9. The van der Waals surface area contributed by atoms with Crippen molar-refractivity contribution in [1.29, 1.82) is 0 Å². The lowest BCUT2D eigenvalue weighted by molar-refractivity contribution is 0.102. The van der Waals surface area contributed by atoms with Gasteiger partial charge in [-0.05, 0) is 75.0 Å². The minimum absolute atomic E-state index is 0.188. The van der Waals surface area contributed by atoms with E-state index in [9.17, 15) is 9.59 Å². The Morgan fingerprint density at radius 3 is 2.36 bits per heavy atom. The minimum atomic E-state index is -0.310. The smallest absolute Gasteiger partial charge is 0.267 e. The van der Waals surface area contributed by atoms with Gasteiger partial charge < -0.3 is 16.0 Å². The molecule has 0 spiro atoms. The van der Waals surface area contributed by atoms with Crippen molar-refractivity contribution in [1.82, 2.24) is 14.7 Å². The van der Waals surface area contributed by atoms with Crippen LogP contribution in [-0.2, 0) is 6.54 Å². The third-order valence-electron chi connectivity index (χ3n) is 6.05. The number of nitrogens with one attached hydrogen (secondary N) is 1. The molecule has 0 radical (unpaired) electrons. The number of amides is 1. The van der Waals surface area contributed by atoms with Crippen LogP contribution in [0.1, 0.15) is 40.0 Å². The largest absolute Gasteiger partial charge is 0.397 e. The summed E-state index contributed by atoms with van der Waals surface area (Å²) in [5.41, 5.74) is 12.1. The van der Waals surface area contributed by atoms with Crippen LogP contribution in [0.4, 0.5) is 11.4 Å². The van der Waals surface area contributed by atoms with Gasteiger partial charge in [-0.25, -0.2) is 4.68 Å². The van der Waals surface area contributed by atoms with E-state index in [1.165, 1.54) is 10.2 Å². The quantitative estimate of drug-likeness (QED) is 0.373. The third kappa shape index (κ3) is 5.70. The molecule has 4 aromatic rings. The van der Waals surface area contributed by atoms with Gasteiger partial charge in [-0.3, -0.25) is 9.59 Å². The Balaban J connectivity index is 1.53. The van der Waals surface area contributed by atoms with Crippen LogP contribution in [0.5, 0.6) is 0 Å². The molecule has 0 fully saturated rings. The maximum absolute atomic E-state index is 12.7. The second-order valence-electron chi connectivity index (χ2n) is 9.28. The zero-order valence-corrected chi connectivity index (χ0v) is 21.0. The molecule has 0 unspecified atom stereocenters. The molecule has 1 aromatic heterocycles. The molecular formula is C29H31N5O2. The molecule has 1 amide bonds. The molecule has 3 N–H and O–H groups in total. The van der Waals surface area contributed by atoms with Crippen LogP contribution in [0, 0.1) is 6.92 Å². The Kier molecular flexibility index (Phi) is 7.31. The van der Waals surface area contributed by atoms with Crippen LogP contribution < -0.4 is 16.6 Å². The van der Waals surface area contributed by atoms with Crippen molar-refractivity contribution in [3.8, 4) is 11.3 Å². The Hall–Kier alpha value is -4.23. The van der Waals surface area contributed by atoms with Crippen LogP contribution in [0.25, 0.3) is 11.3 Å². The molecule has 0 aliphatic carbocycles. The van der Waals surface area contributed by atoms with Gasteiger partial charge in [0.15, 0.2) is 0 Å². The zero-order valence-electron chi connectivity index (χ0n) is 21.0. The molecule has 7 heteroatoms. The maximum Gasteiger partial charge on any atom is 0.267 e. The van der Waals surface area contributed by atoms with Gasteiger partial charge >= 0.3 is 0 Å². The van der Waals surface area contributed by atoms with Crippen LogP contribution >= 0.6 is 0 Å². The Bertz CT molecular complexity index is 1420. The zero-order chi connectivity index (χ0) is 25.8. The summed E-state index contributed by atoms with van der Waals surface area (Å²) >= 11 is 0. The van der Waals surface area contributed by atoms with E-state index >= 15 is 0 Å². The second kappa shape index (κ2) is 10.6. The molecule has 184 valence electrons. The number of nitrogen functional groups attached to an aromatic ring is 1. The predicted octanol–water partition coefficient (Wildman–Crippen LogP) is 4.72. The van der Waals surface area contributed by atoms with E-state index in [1.807, 2.05) is 64.3 Å². The highest BCUT2D eigenvalue weighted by Crippen LogP contribution is 2.23. The van der Waals surface area contributed by atoms with Crippen molar-refractivity contribution in [3.63, 3.8) is 0 Å². The number of hydrogen-bond donors (Lipinski definition) is 2. The van der Waals surface area contributed by atoms with Gasteiger partial charge in [-0.15, -0.1) is 0 Å². The number of aryl methyl sites for hydroxylation is 1. The van der Waals surface area contributed by atoms with Gasteiger partial charge in [0, 0.05) is 23.7 Å². The van der Waals surface area contributed by atoms with Crippen molar-refractivity contribution in [2.24, 2.45) is 0 Å².